The van der Waals surface area contributed by atoms with Gasteiger partial charge in [-0.05, 0) is 15.9 Å². The number of hydrogen-bond donors (Lipinski definition) is 3. The van der Waals surface area contributed by atoms with Crippen LogP contribution in [-0.2, 0) is 9.47 Å². The van der Waals surface area contributed by atoms with Crippen LogP contribution in [0.1, 0.15) is 6.23 Å². The quantitative estimate of drug-likeness (QED) is 0.595. The van der Waals surface area contributed by atoms with Crippen LogP contribution in [0.25, 0.3) is 11.2 Å². The van der Waals surface area contributed by atoms with Crippen LogP contribution in [0, 0.1) is 0 Å². The fourth-order valence-electron chi connectivity index (χ4n) is 2.86. The minimum atomic E-state index is -1.11. The summed E-state index contributed by atoms with van der Waals surface area (Å²) in [5.74, 6) is 0.251. The SMILES string of the molecule is Nc1ncnc2c1nc(Br)n2C1OC2(CO)COC1C2O. The van der Waals surface area contributed by atoms with Crippen molar-refractivity contribution in [1.29, 1.82) is 0 Å². The lowest BCUT2D eigenvalue weighted by molar-refractivity contribution is -0.186. The van der Waals surface area contributed by atoms with Crippen LogP contribution in [0.3, 0.4) is 0 Å². The minimum Gasteiger partial charge on any atom is -0.393 e. The Balaban J connectivity index is 1.86. The van der Waals surface area contributed by atoms with Crippen molar-refractivity contribution in [1.82, 2.24) is 19.5 Å². The predicted octanol–water partition coefficient (Wildman–Crippen LogP) is -0.809. The van der Waals surface area contributed by atoms with E-state index in [1.54, 1.807) is 4.57 Å². The van der Waals surface area contributed by atoms with Crippen LogP contribution in [0.5, 0.6) is 0 Å². The summed E-state index contributed by atoms with van der Waals surface area (Å²) in [6.45, 7) is -0.185. The molecule has 2 bridgehead atoms. The van der Waals surface area contributed by atoms with Crippen molar-refractivity contribution in [3.05, 3.63) is 11.1 Å². The molecule has 0 radical (unpaired) electrons. The van der Waals surface area contributed by atoms with Crippen molar-refractivity contribution in [2.75, 3.05) is 18.9 Å². The number of aliphatic hydroxyl groups is 2. The summed E-state index contributed by atoms with van der Waals surface area (Å²) in [5.41, 5.74) is 5.58. The van der Waals surface area contributed by atoms with E-state index in [2.05, 4.69) is 30.9 Å². The summed E-state index contributed by atoms with van der Waals surface area (Å²) in [6, 6.07) is 0. The monoisotopic (exact) mass is 357 g/mol. The highest BCUT2D eigenvalue weighted by atomic mass is 79.9. The lowest BCUT2D eigenvalue weighted by Gasteiger charge is -2.29. The molecule has 112 valence electrons. The molecular weight excluding hydrogens is 346 g/mol. The molecule has 0 saturated carbocycles. The summed E-state index contributed by atoms with van der Waals surface area (Å²) in [7, 11) is 0. The molecule has 4 N–H and O–H groups in total. The third-order valence-electron chi connectivity index (χ3n) is 3.99. The van der Waals surface area contributed by atoms with Crippen molar-refractivity contribution in [2.24, 2.45) is 0 Å². The summed E-state index contributed by atoms with van der Waals surface area (Å²) in [5, 5.41) is 19.8. The molecule has 0 aromatic carbocycles. The van der Waals surface area contributed by atoms with Gasteiger partial charge in [-0.3, -0.25) is 4.57 Å². The molecule has 2 aliphatic heterocycles. The maximum atomic E-state index is 10.2. The Morgan fingerprint density at radius 3 is 3.05 bits per heavy atom. The molecule has 0 amide bonds. The van der Waals surface area contributed by atoms with Gasteiger partial charge >= 0.3 is 0 Å². The van der Waals surface area contributed by atoms with E-state index in [4.69, 9.17) is 15.2 Å². The molecule has 2 fully saturated rings. The number of nitrogens with two attached hydrogens (primary N) is 1. The largest absolute Gasteiger partial charge is 0.393 e. The molecule has 4 rings (SSSR count). The third kappa shape index (κ3) is 1.62. The van der Waals surface area contributed by atoms with Crippen molar-refractivity contribution in [3.63, 3.8) is 0 Å². The zero-order valence-electron chi connectivity index (χ0n) is 10.7. The lowest BCUT2D eigenvalue weighted by Crippen LogP contribution is -2.44. The molecule has 10 heteroatoms. The zero-order chi connectivity index (χ0) is 14.8. The number of aliphatic hydroxyl groups excluding tert-OH is 2. The Kier molecular flexibility index (Phi) is 2.75. The lowest BCUT2D eigenvalue weighted by atomic mass is 10.0. The van der Waals surface area contributed by atoms with Gasteiger partial charge in [0.2, 0.25) is 0 Å². The molecule has 2 aromatic heterocycles. The van der Waals surface area contributed by atoms with E-state index in [1.165, 1.54) is 6.33 Å². The predicted molar refractivity (Wildman–Crippen MR) is 73.1 cm³/mol. The number of rotatable bonds is 2. The second kappa shape index (κ2) is 4.34. The van der Waals surface area contributed by atoms with Crippen LogP contribution < -0.4 is 5.73 Å². The van der Waals surface area contributed by atoms with Gasteiger partial charge in [0, 0.05) is 0 Å². The fourth-order valence-corrected chi connectivity index (χ4v) is 3.41. The van der Waals surface area contributed by atoms with Crippen molar-refractivity contribution in [3.8, 4) is 0 Å². The molecule has 4 heterocycles. The molecule has 4 atom stereocenters. The molecule has 0 aliphatic carbocycles. The molecule has 21 heavy (non-hydrogen) atoms. The maximum Gasteiger partial charge on any atom is 0.181 e. The van der Waals surface area contributed by atoms with Crippen molar-refractivity contribution in [2.45, 2.75) is 24.0 Å². The first-order valence-electron chi connectivity index (χ1n) is 6.29. The number of hydrogen-bond acceptors (Lipinski definition) is 8. The smallest absolute Gasteiger partial charge is 0.181 e. The van der Waals surface area contributed by atoms with E-state index < -0.39 is 24.0 Å². The molecule has 2 aliphatic rings. The Labute approximate surface area is 126 Å². The van der Waals surface area contributed by atoms with E-state index in [0.717, 1.165) is 0 Å². The van der Waals surface area contributed by atoms with Gasteiger partial charge in [-0.25, -0.2) is 15.0 Å². The highest BCUT2D eigenvalue weighted by molar-refractivity contribution is 9.10. The van der Waals surface area contributed by atoms with Crippen LogP contribution in [0.15, 0.2) is 11.1 Å². The van der Waals surface area contributed by atoms with Gasteiger partial charge in [0.25, 0.3) is 0 Å². The second-order valence-corrected chi connectivity index (χ2v) is 5.84. The molecule has 0 spiro atoms. The normalized spacial score (nSPS) is 34.9. The third-order valence-corrected chi connectivity index (χ3v) is 4.55. The van der Waals surface area contributed by atoms with Gasteiger partial charge in [0.1, 0.15) is 24.1 Å². The zero-order valence-corrected chi connectivity index (χ0v) is 12.3. The average molecular weight is 358 g/mol. The number of ether oxygens (including phenoxy) is 2. The van der Waals surface area contributed by atoms with E-state index >= 15 is 0 Å². The van der Waals surface area contributed by atoms with E-state index in [9.17, 15) is 10.2 Å². The summed E-state index contributed by atoms with van der Waals surface area (Å²) in [6.07, 6.45) is -0.859. The van der Waals surface area contributed by atoms with E-state index in [-0.39, 0.29) is 19.0 Å². The summed E-state index contributed by atoms with van der Waals surface area (Å²) in [4.78, 5) is 12.3. The van der Waals surface area contributed by atoms with Gasteiger partial charge in [-0.1, -0.05) is 0 Å². The van der Waals surface area contributed by atoms with Crippen LogP contribution in [0.4, 0.5) is 5.82 Å². The Morgan fingerprint density at radius 1 is 1.52 bits per heavy atom. The van der Waals surface area contributed by atoms with Gasteiger partial charge < -0.3 is 25.4 Å². The topological polar surface area (TPSA) is 129 Å². The minimum absolute atomic E-state index is 0.146. The van der Waals surface area contributed by atoms with Gasteiger partial charge in [0.05, 0.1) is 13.2 Å². The van der Waals surface area contributed by atoms with Crippen LogP contribution in [-0.4, -0.2) is 60.8 Å². The Morgan fingerprint density at radius 2 is 2.33 bits per heavy atom. The highest BCUT2D eigenvalue weighted by Crippen LogP contribution is 2.46. The first kappa shape index (κ1) is 13.3. The van der Waals surface area contributed by atoms with Gasteiger partial charge in [-0.2, -0.15) is 0 Å². The van der Waals surface area contributed by atoms with E-state index in [0.29, 0.717) is 15.9 Å². The van der Waals surface area contributed by atoms with Crippen LogP contribution >= 0.6 is 15.9 Å². The summed E-state index contributed by atoms with van der Waals surface area (Å²) >= 11 is 3.33. The molecule has 2 aromatic rings. The second-order valence-electron chi connectivity index (χ2n) is 5.13. The Bertz CT molecular complexity index is 724. The number of nitrogens with zero attached hydrogens (tertiary/aromatic N) is 4. The molecule has 9 nitrogen and oxygen atoms in total. The Hall–Kier alpha value is -1.33. The number of imidazole rings is 1. The standard InChI is InChI=1S/C11H12BrN5O4/c12-10-16-4-7(13)14-3-15-8(4)17(10)9-5-6(19)11(1-18,21-9)2-20-5/h3,5-6,9,18-19H,1-2H2,(H2,13,14,15). The molecular formula is C11H12BrN5O4. The highest BCUT2D eigenvalue weighted by Gasteiger charge is 2.62. The maximum absolute atomic E-state index is 10.2. The van der Waals surface area contributed by atoms with Crippen LogP contribution in [0.2, 0.25) is 0 Å². The number of anilines is 1. The fraction of sp³-hybridized carbons (Fsp3) is 0.545. The first-order chi connectivity index (χ1) is 10.1. The van der Waals surface area contributed by atoms with Crippen molar-refractivity contribution >= 4 is 32.9 Å². The number of nitrogen functional groups attached to an aromatic ring is 1. The summed E-state index contributed by atoms with van der Waals surface area (Å²) < 4.78 is 13.5. The number of halogens is 1. The number of aromatic nitrogens is 4. The van der Waals surface area contributed by atoms with Crippen molar-refractivity contribution < 1.29 is 19.7 Å². The van der Waals surface area contributed by atoms with Gasteiger partial charge in [-0.15, -0.1) is 0 Å². The molecule has 4 unspecified atom stereocenters. The molecule has 2 saturated heterocycles. The van der Waals surface area contributed by atoms with E-state index in [1.807, 2.05) is 0 Å². The average Bonchev–Trinajstić information content (AvgIpc) is 3.07. The number of fused-ring (bicyclic) bond motifs is 3. The first-order valence-corrected chi connectivity index (χ1v) is 7.09. The van der Waals surface area contributed by atoms with Gasteiger partial charge in [0.15, 0.2) is 27.9 Å².